The lowest BCUT2D eigenvalue weighted by atomic mass is 9.98. The number of phenolic OH excluding ortho intramolecular Hbond substituents is 4. The van der Waals surface area contributed by atoms with Crippen LogP contribution in [0.25, 0.3) is 22.3 Å². The number of fused-ring (bicyclic) bond motifs is 1. The predicted octanol–water partition coefficient (Wildman–Crippen LogP) is -5.54. The van der Waals surface area contributed by atoms with E-state index in [0.29, 0.717) is 6.07 Å². The second-order valence-corrected chi connectivity index (χ2v) is 13.2. The summed E-state index contributed by atoms with van der Waals surface area (Å²) in [4.78, 5) is 14.2. The SMILES string of the molecule is O=c1c(O[C@@H]2O[C@H](CO[C@H]3O[C@H](CO)[C@H](O)[C@H](O)[C@H]3O)[C@H](O)[C@H](O)[C@H]2O)c(-c2ccc(O)c(O)c2)oc2c(O[C@@H]3O[C@H](CO)[C@H](O)[C@H](O)[C@H]3O)c(O)cc(O)c12. The number of ether oxygens (including phenoxy) is 6. The van der Waals surface area contributed by atoms with Gasteiger partial charge in [-0.05, 0) is 18.2 Å². The molecule has 23 heteroatoms. The maximum Gasteiger partial charge on any atom is 0.239 e. The van der Waals surface area contributed by atoms with Gasteiger partial charge in [0.2, 0.25) is 29.5 Å². The van der Waals surface area contributed by atoms with Gasteiger partial charge in [0.25, 0.3) is 0 Å². The Balaban J connectivity index is 1.39. The molecule has 15 N–H and O–H groups in total. The van der Waals surface area contributed by atoms with Gasteiger partial charge in [0, 0.05) is 11.6 Å². The van der Waals surface area contributed by atoms with Crippen molar-refractivity contribution in [3.63, 3.8) is 0 Å². The normalized spacial score (nSPS) is 36.4. The summed E-state index contributed by atoms with van der Waals surface area (Å²) >= 11 is 0. The maximum atomic E-state index is 14.2. The van der Waals surface area contributed by atoms with E-state index >= 15 is 0 Å². The molecule has 3 aliphatic rings. The van der Waals surface area contributed by atoms with E-state index in [9.17, 15) is 81.4 Å². The summed E-state index contributed by atoms with van der Waals surface area (Å²) in [5.74, 6) is -5.72. The second-order valence-electron chi connectivity index (χ2n) is 13.2. The smallest absolute Gasteiger partial charge is 0.239 e. The average Bonchev–Trinajstić information content (AvgIpc) is 3.17. The molecule has 0 spiro atoms. The highest BCUT2D eigenvalue weighted by Crippen LogP contribution is 2.45. The quantitative estimate of drug-likeness (QED) is 0.0850. The number of benzene rings is 2. The van der Waals surface area contributed by atoms with Crippen molar-refractivity contribution < 1.29 is 109 Å². The summed E-state index contributed by atoms with van der Waals surface area (Å²) in [6.07, 6.45) is -27.7. The summed E-state index contributed by atoms with van der Waals surface area (Å²) in [7, 11) is 0. The van der Waals surface area contributed by atoms with E-state index in [-0.39, 0.29) is 5.56 Å². The van der Waals surface area contributed by atoms with E-state index in [1.54, 1.807) is 0 Å². The van der Waals surface area contributed by atoms with Crippen LogP contribution in [0.4, 0.5) is 0 Å². The Labute approximate surface area is 312 Å². The Morgan fingerprint density at radius 2 is 1.04 bits per heavy atom. The van der Waals surface area contributed by atoms with Crippen LogP contribution < -0.4 is 14.9 Å². The fourth-order valence-corrected chi connectivity index (χ4v) is 6.31. The van der Waals surface area contributed by atoms with Crippen LogP contribution in [0, 0.1) is 0 Å². The zero-order valence-corrected chi connectivity index (χ0v) is 28.6. The number of hydrogen-bond donors (Lipinski definition) is 15. The molecule has 6 rings (SSSR count). The molecule has 0 bridgehead atoms. The summed E-state index contributed by atoms with van der Waals surface area (Å²) in [6.45, 7) is -2.43. The third-order valence-corrected chi connectivity index (χ3v) is 9.53. The second kappa shape index (κ2) is 16.4. The van der Waals surface area contributed by atoms with Crippen LogP contribution in [-0.4, -0.2) is 189 Å². The first-order valence-corrected chi connectivity index (χ1v) is 16.8. The molecule has 3 aromatic rings. The predicted molar refractivity (Wildman–Crippen MR) is 176 cm³/mol. The van der Waals surface area contributed by atoms with E-state index in [0.717, 1.165) is 18.2 Å². The average molecular weight is 805 g/mol. The van der Waals surface area contributed by atoms with Crippen LogP contribution in [0.15, 0.2) is 33.5 Å². The lowest BCUT2D eigenvalue weighted by Gasteiger charge is -2.42. The minimum atomic E-state index is -2.15. The summed E-state index contributed by atoms with van der Waals surface area (Å²) in [5, 5.41) is 154. The third-order valence-electron chi connectivity index (χ3n) is 9.53. The molecule has 0 saturated carbocycles. The van der Waals surface area contributed by atoms with Gasteiger partial charge in [-0.1, -0.05) is 0 Å². The van der Waals surface area contributed by atoms with E-state index in [2.05, 4.69) is 0 Å². The minimum Gasteiger partial charge on any atom is -0.507 e. The molecule has 0 radical (unpaired) electrons. The summed E-state index contributed by atoms with van der Waals surface area (Å²) in [6, 6.07) is 3.54. The van der Waals surface area contributed by atoms with Crippen molar-refractivity contribution in [3.05, 3.63) is 34.5 Å². The topological polar surface area (TPSA) is 389 Å². The highest BCUT2D eigenvalue weighted by molar-refractivity contribution is 5.93. The molecule has 15 atom stereocenters. The van der Waals surface area contributed by atoms with Gasteiger partial charge in [-0.15, -0.1) is 0 Å². The first kappa shape index (κ1) is 41.5. The number of aliphatic hydroxyl groups is 11. The summed E-state index contributed by atoms with van der Waals surface area (Å²) in [5.41, 5.74) is -2.36. The molecule has 1 aromatic heterocycles. The molecule has 3 saturated heterocycles. The van der Waals surface area contributed by atoms with Crippen LogP contribution in [0.2, 0.25) is 0 Å². The van der Waals surface area contributed by atoms with Crippen molar-refractivity contribution in [1.29, 1.82) is 0 Å². The Kier molecular flexibility index (Phi) is 12.1. The number of phenols is 4. The Bertz CT molecular complexity index is 1920. The van der Waals surface area contributed by atoms with Crippen LogP contribution in [0.3, 0.4) is 0 Å². The molecular formula is C33H40O23. The van der Waals surface area contributed by atoms with Gasteiger partial charge in [0.05, 0.1) is 19.8 Å². The molecule has 3 fully saturated rings. The standard InChI is InChI=1S/C33H40O23/c34-5-13-17(40)21(44)24(47)31(51-13)50-7-15-19(42)23(46)26(49)33(53-15)56-30-20(43)16-11(38)4-12(39)28(55-32-25(48)22(45)18(41)14(6-35)52-32)29(16)54-27(30)8-1-2-9(36)10(37)3-8/h1-4,13-15,17-19,21-26,31-42,44-49H,5-7H2/t13-,14-,15-,17+,18+,19+,21+,22+,23+,24-,25-,26-,31+,32+,33+/m1/s1. The van der Waals surface area contributed by atoms with E-state index in [4.69, 9.17) is 32.8 Å². The van der Waals surface area contributed by atoms with Gasteiger partial charge in [-0.2, -0.15) is 0 Å². The van der Waals surface area contributed by atoms with Crippen molar-refractivity contribution in [2.75, 3.05) is 19.8 Å². The Morgan fingerprint density at radius 1 is 0.536 bits per heavy atom. The van der Waals surface area contributed by atoms with Crippen molar-refractivity contribution >= 4 is 11.0 Å². The Morgan fingerprint density at radius 3 is 1.59 bits per heavy atom. The molecular weight excluding hydrogens is 764 g/mol. The molecule has 3 aliphatic heterocycles. The molecule has 310 valence electrons. The maximum absolute atomic E-state index is 14.2. The number of aromatic hydroxyl groups is 4. The molecule has 4 heterocycles. The van der Waals surface area contributed by atoms with Gasteiger partial charge in [-0.3, -0.25) is 4.79 Å². The van der Waals surface area contributed by atoms with Crippen molar-refractivity contribution in [2.24, 2.45) is 0 Å². The third kappa shape index (κ3) is 7.51. The first-order chi connectivity index (χ1) is 26.5. The van der Waals surface area contributed by atoms with Gasteiger partial charge in [-0.25, -0.2) is 0 Å². The highest BCUT2D eigenvalue weighted by atomic mass is 16.7. The summed E-state index contributed by atoms with van der Waals surface area (Å²) < 4.78 is 38.8. The molecule has 0 amide bonds. The van der Waals surface area contributed by atoms with E-state index in [1.807, 2.05) is 0 Å². The molecule has 56 heavy (non-hydrogen) atoms. The monoisotopic (exact) mass is 804 g/mol. The van der Waals surface area contributed by atoms with Crippen LogP contribution in [0.5, 0.6) is 34.5 Å². The van der Waals surface area contributed by atoms with Gasteiger partial charge >= 0.3 is 0 Å². The molecule has 23 nitrogen and oxygen atoms in total. The van der Waals surface area contributed by atoms with Crippen molar-refractivity contribution in [3.8, 4) is 45.8 Å². The number of rotatable bonds is 10. The van der Waals surface area contributed by atoms with Crippen molar-refractivity contribution in [2.45, 2.75) is 92.1 Å². The van der Waals surface area contributed by atoms with Gasteiger partial charge in [0.15, 0.2) is 34.9 Å². The lowest BCUT2D eigenvalue weighted by Crippen LogP contribution is -2.62. The van der Waals surface area contributed by atoms with Crippen LogP contribution in [0.1, 0.15) is 0 Å². The number of hydrogen-bond acceptors (Lipinski definition) is 23. The minimum absolute atomic E-state index is 0.260. The van der Waals surface area contributed by atoms with Crippen LogP contribution >= 0.6 is 0 Å². The van der Waals surface area contributed by atoms with E-state index < -0.39 is 169 Å². The highest BCUT2D eigenvalue weighted by Gasteiger charge is 2.49. The Hall–Kier alpha value is -4.15. The number of aliphatic hydroxyl groups excluding tert-OH is 11. The fourth-order valence-electron chi connectivity index (χ4n) is 6.31. The molecule has 0 aliphatic carbocycles. The molecule has 2 aromatic carbocycles. The van der Waals surface area contributed by atoms with Crippen LogP contribution in [-0.2, 0) is 18.9 Å². The largest absolute Gasteiger partial charge is 0.507 e. The van der Waals surface area contributed by atoms with Gasteiger partial charge in [0.1, 0.15) is 84.4 Å². The zero-order valence-electron chi connectivity index (χ0n) is 28.6. The lowest BCUT2D eigenvalue weighted by molar-refractivity contribution is -0.323. The molecule has 0 unspecified atom stereocenters. The fraction of sp³-hybridized carbons (Fsp3) is 0.545. The van der Waals surface area contributed by atoms with Crippen molar-refractivity contribution in [1.82, 2.24) is 0 Å². The van der Waals surface area contributed by atoms with E-state index in [1.165, 1.54) is 0 Å². The van der Waals surface area contributed by atoms with Gasteiger partial charge < -0.3 is 109 Å². The first-order valence-electron chi connectivity index (χ1n) is 16.8. The zero-order chi connectivity index (χ0) is 40.9.